The molecule has 26 heavy (non-hydrogen) atoms. The Balaban J connectivity index is 1.23. The molecular weight excluding hydrogens is 326 g/mol. The van der Waals surface area contributed by atoms with Crippen LogP contribution in [0.25, 0.3) is 0 Å². The van der Waals surface area contributed by atoms with E-state index >= 15 is 0 Å². The first kappa shape index (κ1) is 16.2. The maximum Gasteiger partial charge on any atom is 0.147 e. The average molecular weight is 353 g/mol. The van der Waals surface area contributed by atoms with E-state index in [2.05, 4.69) is 40.6 Å². The summed E-state index contributed by atoms with van der Waals surface area (Å²) in [5.74, 6) is 3.45. The van der Waals surface area contributed by atoms with Crippen molar-refractivity contribution in [2.75, 3.05) is 18.0 Å². The van der Waals surface area contributed by atoms with Crippen LogP contribution in [-0.4, -0.2) is 54.8 Å². The number of hydrogen-bond donors (Lipinski definition) is 0. The highest BCUT2D eigenvalue weighted by molar-refractivity contribution is 5.41. The fourth-order valence-corrected chi connectivity index (χ4v) is 4.50. The third-order valence-corrected chi connectivity index (χ3v) is 6.02. The van der Waals surface area contributed by atoms with Crippen molar-refractivity contribution in [2.45, 2.75) is 70.1 Å². The topological polar surface area (TPSA) is 63.0 Å². The number of anilines is 1. The summed E-state index contributed by atoms with van der Waals surface area (Å²) in [4.78, 5) is 13.7. The Hall–Kier alpha value is -2.02. The number of hydrogen-bond acceptors (Lipinski definition) is 6. The van der Waals surface area contributed by atoms with Gasteiger partial charge in [-0.25, -0.2) is 9.97 Å². The number of rotatable bonds is 5. The van der Waals surface area contributed by atoms with E-state index in [9.17, 15) is 0 Å². The largest absolute Gasteiger partial charge is 0.350 e. The number of aryl methyl sites for hydroxylation is 1. The monoisotopic (exact) mass is 353 g/mol. The number of piperidine rings is 1. The summed E-state index contributed by atoms with van der Waals surface area (Å²) in [6.07, 6.45) is 12.1. The average Bonchev–Trinajstić information content (AvgIpc) is 3.45. The molecule has 1 saturated carbocycles. The van der Waals surface area contributed by atoms with Crippen LogP contribution in [0.15, 0.2) is 18.6 Å². The molecule has 5 rings (SSSR count). The molecule has 0 unspecified atom stereocenters. The SMILES string of the molecule is c1cc(N(C2CC2)C2CCN(Cc3nnc4n3CCCC4)CC2)ncn1. The van der Waals surface area contributed by atoms with Gasteiger partial charge in [0.1, 0.15) is 23.8 Å². The predicted octanol–water partition coefficient (Wildman–Crippen LogP) is 2.04. The van der Waals surface area contributed by atoms with Gasteiger partial charge in [-0.2, -0.15) is 0 Å². The van der Waals surface area contributed by atoms with Gasteiger partial charge in [-0.15, -0.1) is 10.2 Å². The summed E-state index contributed by atoms with van der Waals surface area (Å²) in [6.45, 7) is 4.29. The van der Waals surface area contributed by atoms with Crippen LogP contribution in [0.4, 0.5) is 5.82 Å². The maximum absolute atomic E-state index is 4.52. The molecule has 0 amide bonds. The number of fused-ring (bicyclic) bond motifs is 1. The molecule has 0 N–H and O–H groups in total. The molecule has 0 atom stereocenters. The van der Waals surface area contributed by atoms with Crippen molar-refractivity contribution in [2.24, 2.45) is 0 Å². The van der Waals surface area contributed by atoms with Gasteiger partial charge in [0.2, 0.25) is 0 Å². The molecule has 2 aromatic rings. The van der Waals surface area contributed by atoms with Gasteiger partial charge in [0.05, 0.1) is 6.54 Å². The Labute approximate surface area is 154 Å². The first-order valence-corrected chi connectivity index (χ1v) is 10.1. The Bertz CT molecular complexity index is 732. The number of nitrogens with zero attached hydrogens (tertiary/aromatic N) is 7. The van der Waals surface area contributed by atoms with E-state index in [1.807, 2.05) is 6.20 Å². The minimum Gasteiger partial charge on any atom is -0.350 e. The summed E-state index contributed by atoms with van der Waals surface area (Å²) in [5.41, 5.74) is 0. The molecule has 138 valence electrons. The van der Waals surface area contributed by atoms with Crippen molar-refractivity contribution in [3.63, 3.8) is 0 Å². The molecule has 0 spiro atoms. The minimum atomic E-state index is 0.598. The van der Waals surface area contributed by atoms with Crippen molar-refractivity contribution in [1.82, 2.24) is 29.6 Å². The van der Waals surface area contributed by atoms with Gasteiger partial charge in [-0.05, 0) is 44.6 Å². The van der Waals surface area contributed by atoms with Gasteiger partial charge in [0.15, 0.2) is 0 Å². The summed E-state index contributed by atoms with van der Waals surface area (Å²) in [5, 5.41) is 8.88. The van der Waals surface area contributed by atoms with Gasteiger partial charge >= 0.3 is 0 Å². The predicted molar refractivity (Wildman–Crippen MR) is 98.8 cm³/mol. The molecule has 3 aliphatic rings. The zero-order valence-corrected chi connectivity index (χ0v) is 15.3. The maximum atomic E-state index is 4.52. The Morgan fingerprint density at radius 2 is 1.85 bits per heavy atom. The normalized spacial score (nSPS) is 21.5. The van der Waals surface area contributed by atoms with Crippen LogP contribution in [0.2, 0.25) is 0 Å². The highest BCUT2D eigenvalue weighted by Gasteiger charge is 2.36. The fourth-order valence-electron chi connectivity index (χ4n) is 4.50. The lowest BCUT2D eigenvalue weighted by Gasteiger charge is -2.39. The molecule has 0 aromatic carbocycles. The van der Waals surface area contributed by atoms with Crippen molar-refractivity contribution >= 4 is 5.82 Å². The van der Waals surface area contributed by atoms with Gasteiger partial charge in [-0.3, -0.25) is 4.90 Å². The smallest absolute Gasteiger partial charge is 0.147 e. The summed E-state index contributed by atoms with van der Waals surface area (Å²) in [7, 11) is 0. The number of likely N-dealkylation sites (tertiary alicyclic amines) is 1. The molecule has 2 fully saturated rings. The van der Waals surface area contributed by atoms with E-state index in [1.165, 1.54) is 44.3 Å². The van der Waals surface area contributed by atoms with Crippen LogP contribution >= 0.6 is 0 Å². The quantitative estimate of drug-likeness (QED) is 0.820. The minimum absolute atomic E-state index is 0.598. The van der Waals surface area contributed by atoms with Crippen molar-refractivity contribution in [3.05, 3.63) is 30.2 Å². The second-order valence-corrected chi connectivity index (χ2v) is 7.85. The Morgan fingerprint density at radius 1 is 1.00 bits per heavy atom. The van der Waals surface area contributed by atoms with Crippen LogP contribution in [0, 0.1) is 0 Å². The highest BCUT2D eigenvalue weighted by Crippen LogP contribution is 2.35. The second kappa shape index (κ2) is 6.95. The van der Waals surface area contributed by atoms with Crippen molar-refractivity contribution in [1.29, 1.82) is 0 Å². The standard InChI is InChI=1S/C19H27N7/c1-2-10-25-18(3-1)22-23-19(25)13-24-11-7-16(8-12-24)26(15-4-5-15)17-6-9-20-14-21-17/h6,9,14-16H,1-5,7-8,10-13H2. The lowest BCUT2D eigenvalue weighted by atomic mass is 10.0. The summed E-state index contributed by atoms with van der Waals surface area (Å²) >= 11 is 0. The lowest BCUT2D eigenvalue weighted by molar-refractivity contribution is 0.193. The zero-order chi connectivity index (χ0) is 17.3. The van der Waals surface area contributed by atoms with Gasteiger partial charge in [0.25, 0.3) is 0 Å². The van der Waals surface area contributed by atoms with E-state index in [-0.39, 0.29) is 0 Å². The van der Waals surface area contributed by atoms with E-state index in [4.69, 9.17) is 0 Å². The molecule has 0 bridgehead atoms. The molecule has 2 aliphatic heterocycles. The van der Waals surface area contributed by atoms with Crippen LogP contribution in [0.1, 0.15) is 50.2 Å². The molecule has 4 heterocycles. The van der Waals surface area contributed by atoms with Gasteiger partial charge < -0.3 is 9.47 Å². The molecule has 2 aromatic heterocycles. The highest BCUT2D eigenvalue weighted by atomic mass is 15.3. The fraction of sp³-hybridized carbons (Fsp3) is 0.684. The molecule has 0 radical (unpaired) electrons. The molecular formula is C19H27N7. The van der Waals surface area contributed by atoms with Crippen LogP contribution in [0.3, 0.4) is 0 Å². The van der Waals surface area contributed by atoms with E-state index in [0.29, 0.717) is 12.1 Å². The Morgan fingerprint density at radius 3 is 2.62 bits per heavy atom. The van der Waals surface area contributed by atoms with Gasteiger partial charge in [-0.1, -0.05) is 0 Å². The van der Waals surface area contributed by atoms with E-state index in [1.54, 1.807) is 6.33 Å². The molecule has 1 aliphatic carbocycles. The third-order valence-electron chi connectivity index (χ3n) is 6.02. The van der Waals surface area contributed by atoms with Crippen LogP contribution < -0.4 is 4.90 Å². The van der Waals surface area contributed by atoms with Gasteiger partial charge in [0, 0.05) is 44.3 Å². The lowest BCUT2D eigenvalue weighted by Crippen LogP contribution is -2.46. The first-order chi connectivity index (χ1) is 12.9. The summed E-state index contributed by atoms with van der Waals surface area (Å²) < 4.78 is 2.35. The van der Waals surface area contributed by atoms with Crippen LogP contribution in [-0.2, 0) is 19.5 Å². The third kappa shape index (κ3) is 3.20. The summed E-state index contributed by atoms with van der Waals surface area (Å²) in [6, 6.07) is 3.35. The number of aromatic nitrogens is 5. The first-order valence-electron chi connectivity index (χ1n) is 10.1. The molecule has 1 saturated heterocycles. The Kier molecular flexibility index (Phi) is 4.32. The van der Waals surface area contributed by atoms with Crippen molar-refractivity contribution < 1.29 is 0 Å². The molecule has 7 nitrogen and oxygen atoms in total. The van der Waals surface area contributed by atoms with Crippen LogP contribution in [0.5, 0.6) is 0 Å². The zero-order valence-electron chi connectivity index (χ0n) is 15.3. The molecule has 7 heteroatoms. The van der Waals surface area contributed by atoms with E-state index < -0.39 is 0 Å². The van der Waals surface area contributed by atoms with Crippen molar-refractivity contribution in [3.8, 4) is 0 Å². The van der Waals surface area contributed by atoms with E-state index in [0.717, 1.165) is 44.2 Å². The second-order valence-electron chi connectivity index (χ2n) is 7.85.